The molecule has 164 valence electrons. The fourth-order valence-corrected chi connectivity index (χ4v) is 4.45. The van der Waals surface area contributed by atoms with Crippen LogP contribution in [0.4, 0.5) is 5.69 Å². The van der Waals surface area contributed by atoms with Gasteiger partial charge in [0.2, 0.25) is 0 Å². The minimum Gasteiger partial charge on any atom is -0.462 e. The van der Waals surface area contributed by atoms with Crippen LogP contribution in [-0.2, 0) is 0 Å². The molecular weight excluding hydrogens is 433 g/mol. The number of para-hydroxylation sites is 1. The molecule has 2 aromatic carbocycles. The van der Waals surface area contributed by atoms with Gasteiger partial charge in [0.1, 0.15) is 12.0 Å². The van der Waals surface area contributed by atoms with E-state index < -0.39 is 0 Å². The fraction of sp³-hybridized carbons (Fsp3) is 0.375. The molecule has 7 heteroatoms. The smallest absolute Gasteiger partial charge is 0.261 e. The number of anilines is 1. The second kappa shape index (κ2) is 10.4. The molecule has 0 bridgehead atoms. The zero-order valence-electron chi connectivity index (χ0n) is 17.5. The number of hydrogen-bond donors (Lipinski definition) is 0. The average molecular weight is 460 g/mol. The van der Waals surface area contributed by atoms with Crippen LogP contribution < -0.4 is 9.64 Å². The zero-order chi connectivity index (χ0) is 21.6. The molecular formula is C24H27Cl2N3O2. The van der Waals surface area contributed by atoms with E-state index in [1.165, 1.54) is 5.69 Å². The summed E-state index contributed by atoms with van der Waals surface area (Å²) in [4.78, 5) is 19.8. The first-order chi connectivity index (χ1) is 15.2. The normalized spacial score (nSPS) is 17.1. The maximum Gasteiger partial charge on any atom is 0.261 e. The van der Waals surface area contributed by atoms with Gasteiger partial charge in [-0.1, -0.05) is 29.8 Å². The third kappa shape index (κ3) is 5.35. The molecule has 4 rings (SSSR count). The summed E-state index contributed by atoms with van der Waals surface area (Å²) in [5, 5.41) is 0.514. The van der Waals surface area contributed by atoms with Crippen molar-refractivity contribution < 1.29 is 9.53 Å². The van der Waals surface area contributed by atoms with E-state index in [0.717, 1.165) is 45.6 Å². The molecule has 1 fully saturated rings. The van der Waals surface area contributed by atoms with Gasteiger partial charge in [-0.2, -0.15) is 0 Å². The molecule has 31 heavy (non-hydrogen) atoms. The summed E-state index contributed by atoms with van der Waals surface area (Å²) in [6, 6.07) is 15.7. The van der Waals surface area contributed by atoms with Crippen molar-refractivity contribution in [3.05, 3.63) is 71.1 Å². The SMILES string of the molecule is O=C1c2cc(Cl)ccc2OC=C(CCl)N1CCCCN1CCN(c2ccccc2)CC1. The van der Waals surface area contributed by atoms with Crippen molar-refractivity contribution in [3.63, 3.8) is 0 Å². The number of unbranched alkanes of at least 4 members (excludes halogenated alkanes) is 1. The van der Waals surface area contributed by atoms with Crippen molar-refractivity contribution in [3.8, 4) is 5.75 Å². The van der Waals surface area contributed by atoms with E-state index in [2.05, 4.69) is 40.1 Å². The minimum atomic E-state index is -0.113. The lowest BCUT2D eigenvalue weighted by Crippen LogP contribution is -2.46. The Labute approximate surface area is 193 Å². The van der Waals surface area contributed by atoms with Gasteiger partial charge in [-0.15, -0.1) is 11.6 Å². The summed E-state index contributed by atoms with van der Waals surface area (Å²) in [5.74, 6) is 0.615. The summed E-state index contributed by atoms with van der Waals surface area (Å²) in [6.45, 7) is 5.85. The molecule has 0 radical (unpaired) electrons. The molecule has 0 aliphatic carbocycles. The Morgan fingerprint density at radius 2 is 1.68 bits per heavy atom. The molecule has 2 aliphatic heterocycles. The number of nitrogens with zero attached hydrogens (tertiary/aromatic N) is 3. The minimum absolute atomic E-state index is 0.113. The molecule has 0 unspecified atom stereocenters. The van der Waals surface area contributed by atoms with Crippen molar-refractivity contribution in [1.29, 1.82) is 0 Å². The Morgan fingerprint density at radius 1 is 0.935 bits per heavy atom. The lowest BCUT2D eigenvalue weighted by atomic mass is 10.1. The van der Waals surface area contributed by atoms with Crippen molar-refractivity contribution in [2.75, 3.05) is 50.0 Å². The Bertz CT molecular complexity index is 928. The van der Waals surface area contributed by atoms with Crippen LogP contribution >= 0.6 is 23.2 Å². The number of benzene rings is 2. The number of halogens is 2. The zero-order valence-corrected chi connectivity index (χ0v) is 19.0. The van der Waals surface area contributed by atoms with Gasteiger partial charge in [0, 0.05) is 43.4 Å². The molecule has 0 aromatic heterocycles. The fourth-order valence-electron chi connectivity index (χ4n) is 4.07. The predicted molar refractivity (Wildman–Crippen MR) is 126 cm³/mol. The van der Waals surface area contributed by atoms with Gasteiger partial charge in [0.15, 0.2) is 0 Å². The van der Waals surface area contributed by atoms with E-state index in [0.29, 0.717) is 28.6 Å². The molecule has 0 N–H and O–H groups in total. The summed E-state index contributed by atoms with van der Waals surface area (Å²) in [5.41, 5.74) is 2.45. The van der Waals surface area contributed by atoms with Crippen LogP contribution in [-0.4, -0.2) is 60.9 Å². The number of alkyl halides is 1. The molecule has 1 saturated heterocycles. The van der Waals surface area contributed by atoms with Gasteiger partial charge in [0.25, 0.3) is 5.91 Å². The van der Waals surface area contributed by atoms with E-state index >= 15 is 0 Å². The van der Waals surface area contributed by atoms with Gasteiger partial charge in [-0.25, -0.2) is 0 Å². The van der Waals surface area contributed by atoms with Crippen molar-refractivity contribution in [2.24, 2.45) is 0 Å². The number of ether oxygens (including phenoxy) is 1. The predicted octanol–water partition coefficient (Wildman–Crippen LogP) is 4.86. The first-order valence-corrected chi connectivity index (χ1v) is 11.6. The topological polar surface area (TPSA) is 36.0 Å². The van der Waals surface area contributed by atoms with Crippen molar-refractivity contribution in [1.82, 2.24) is 9.80 Å². The van der Waals surface area contributed by atoms with Crippen LogP contribution in [0.2, 0.25) is 5.02 Å². The van der Waals surface area contributed by atoms with Crippen molar-refractivity contribution >= 4 is 34.8 Å². The standard InChI is InChI=1S/C24H27Cl2N3O2/c25-17-21-18-31-23-9-8-19(26)16-22(23)24(30)29(21)11-5-4-10-27-12-14-28(15-13-27)20-6-2-1-3-7-20/h1-3,6-9,16,18H,4-5,10-15,17H2. The first kappa shape index (κ1) is 22.0. The number of hydrogen-bond acceptors (Lipinski definition) is 4. The van der Waals surface area contributed by atoms with Crippen molar-refractivity contribution in [2.45, 2.75) is 12.8 Å². The van der Waals surface area contributed by atoms with E-state index in [1.54, 1.807) is 29.4 Å². The largest absolute Gasteiger partial charge is 0.462 e. The maximum absolute atomic E-state index is 13.1. The summed E-state index contributed by atoms with van der Waals surface area (Å²) in [7, 11) is 0. The lowest BCUT2D eigenvalue weighted by Gasteiger charge is -2.36. The van der Waals surface area contributed by atoms with Crippen LogP contribution in [0.25, 0.3) is 0 Å². The third-order valence-electron chi connectivity index (χ3n) is 5.82. The van der Waals surface area contributed by atoms with E-state index in [9.17, 15) is 4.79 Å². The summed E-state index contributed by atoms with van der Waals surface area (Å²) >= 11 is 12.2. The Balaban J connectivity index is 1.27. The van der Waals surface area contributed by atoms with Crippen LogP contribution in [0.5, 0.6) is 5.75 Å². The number of carbonyl (C=O) groups excluding carboxylic acids is 1. The van der Waals surface area contributed by atoms with Crippen LogP contribution in [0.3, 0.4) is 0 Å². The van der Waals surface area contributed by atoms with Crippen LogP contribution in [0.15, 0.2) is 60.5 Å². The number of amides is 1. The second-order valence-corrected chi connectivity index (χ2v) is 8.53. The Hall–Kier alpha value is -2.21. The number of piperazine rings is 1. The van der Waals surface area contributed by atoms with Gasteiger partial charge >= 0.3 is 0 Å². The quantitative estimate of drug-likeness (QED) is 0.437. The highest BCUT2D eigenvalue weighted by atomic mass is 35.5. The molecule has 2 aliphatic rings. The summed E-state index contributed by atoms with van der Waals surface area (Å²) in [6.07, 6.45) is 3.50. The van der Waals surface area contributed by atoms with E-state index in [-0.39, 0.29) is 11.8 Å². The number of fused-ring (bicyclic) bond motifs is 1. The molecule has 1 amide bonds. The summed E-state index contributed by atoms with van der Waals surface area (Å²) < 4.78 is 5.68. The Kier molecular flexibility index (Phi) is 7.38. The van der Waals surface area contributed by atoms with Gasteiger partial charge in [0.05, 0.1) is 17.1 Å². The third-order valence-corrected chi connectivity index (χ3v) is 6.33. The molecule has 0 spiro atoms. The van der Waals surface area contributed by atoms with Crippen LogP contribution in [0.1, 0.15) is 23.2 Å². The highest BCUT2D eigenvalue weighted by molar-refractivity contribution is 6.31. The molecule has 2 heterocycles. The number of carbonyl (C=O) groups is 1. The molecule has 5 nitrogen and oxygen atoms in total. The molecule has 0 atom stereocenters. The average Bonchev–Trinajstić information content (AvgIpc) is 2.94. The van der Waals surface area contributed by atoms with E-state index in [4.69, 9.17) is 27.9 Å². The van der Waals surface area contributed by atoms with Gasteiger partial charge in [-0.05, 0) is 49.7 Å². The van der Waals surface area contributed by atoms with Gasteiger partial charge in [-0.3, -0.25) is 9.69 Å². The van der Waals surface area contributed by atoms with Crippen LogP contribution in [0, 0.1) is 0 Å². The number of allylic oxidation sites excluding steroid dienone is 1. The monoisotopic (exact) mass is 459 g/mol. The highest BCUT2D eigenvalue weighted by Crippen LogP contribution is 2.29. The van der Waals surface area contributed by atoms with Gasteiger partial charge < -0.3 is 14.5 Å². The molecule has 2 aromatic rings. The lowest BCUT2D eigenvalue weighted by molar-refractivity contribution is 0.0805. The highest BCUT2D eigenvalue weighted by Gasteiger charge is 2.26. The Morgan fingerprint density at radius 3 is 2.42 bits per heavy atom. The van der Waals surface area contributed by atoms with E-state index in [1.807, 2.05) is 0 Å². The first-order valence-electron chi connectivity index (χ1n) is 10.7. The maximum atomic E-state index is 13.1. The molecule has 0 saturated carbocycles. The number of rotatable bonds is 7. The second-order valence-electron chi connectivity index (χ2n) is 7.83.